The molecule has 0 saturated carbocycles. The molecule has 0 bridgehead atoms. The summed E-state index contributed by atoms with van der Waals surface area (Å²) < 4.78 is 0. The summed E-state index contributed by atoms with van der Waals surface area (Å²) in [4.78, 5) is 0. The highest BCUT2D eigenvalue weighted by atomic mass is 14.9. The fourth-order valence-electron chi connectivity index (χ4n) is 1.67. The molecule has 2 rings (SSSR count). The molecule has 0 atom stereocenters. The van der Waals surface area contributed by atoms with E-state index in [0.717, 1.165) is 6.54 Å². The zero-order valence-corrected chi connectivity index (χ0v) is 9.16. The van der Waals surface area contributed by atoms with Crippen molar-refractivity contribution in [3.63, 3.8) is 0 Å². The molecule has 1 aromatic carbocycles. The largest absolute Gasteiger partial charge is 0.381 e. The fourth-order valence-corrected chi connectivity index (χ4v) is 1.67. The average Bonchev–Trinajstić information content (AvgIpc) is 2.30. The van der Waals surface area contributed by atoms with Crippen molar-refractivity contribution in [3.05, 3.63) is 53.6 Å². The normalized spacial score (nSPS) is 14.9. The van der Waals surface area contributed by atoms with Crippen molar-refractivity contribution < 1.29 is 0 Å². The van der Waals surface area contributed by atoms with E-state index in [1.165, 1.54) is 29.7 Å². The van der Waals surface area contributed by atoms with Crippen molar-refractivity contribution in [1.29, 1.82) is 0 Å². The van der Waals surface area contributed by atoms with Gasteiger partial charge in [-0.1, -0.05) is 35.9 Å². The van der Waals surface area contributed by atoms with Gasteiger partial charge in [-0.05, 0) is 37.5 Å². The third-order valence-corrected chi connectivity index (χ3v) is 2.62. The summed E-state index contributed by atoms with van der Waals surface area (Å²) >= 11 is 0. The quantitative estimate of drug-likeness (QED) is 0.783. The van der Waals surface area contributed by atoms with Crippen LogP contribution in [-0.4, -0.2) is 6.54 Å². The molecular weight excluding hydrogens is 182 g/mol. The molecule has 0 saturated heterocycles. The molecule has 15 heavy (non-hydrogen) atoms. The van der Waals surface area contributed by atoms with Crippen molar-refractivity contribution >= 4 is 5.69 Å². The van der Waals surface area contributed by atoms with Gasteiger partial charge in [0, 0.05) is 12.2 Å². The Hall–Kier alpha value is -1.50. The van der Waals surface area contributed by atoms with Crippen LogP contribution in [0, 0.1) is 6.92 Å². The van der Waals surface area contributed by atoms with Crippen molar-refractivity contribution in [2.24, 2.45) is 0 Å². The van der Waals surface area contributed by atoms with Gasteiger partial charge < -0.3 is 5.32 Å². The molecule has 0 amide bonds. The molecule has 0 radical (unpaired) electrons. The summed E-state index contributed by atoms with van der Waals surface area (Å²) in [5.41, 5.74) is 3.89. The standard InChI is InChI=1S/C14H17N/c1-12-7-9-14(10-8-12)15-11-13-5-3-2-4-6-13/h3,5-10,15H,2,4,11H2,1H3. The first-order valence-electron chi connectivity index (χ1n) is 5.51. The first-order chi connectivity index (χ1) is 7.34. The van der Waals surface area contributed by atoms with Crippen molar-refractivity contribution in [1.82, 2.24) is 0 Å². The van der Waals surface area contributed by atoms with Crippen LogP contribution in [0.1, 0.15) is 18.4 Å². The lowest BCUT2D eigenvalue weighted by atomic mass is 10.1. The topological polar surface area (TPSA) is 12.0 Å². The van der Waals surface area contributed by atoms with Crippen molar-refractivity contribution in [3.8, 4) is 0 Å². The zero-order valence-electron chi connectivity index (χ0n) is 9.16. The molecule has 1 N–H and O–H groups in total. The molecule has 1 heteroatoms. The van der Waals surface area contributed by atoms with E-state index in [9.17, 15) is 0 Å². The highest BCUT2D eigenvalue weighted by Gasteiger charge is 1.97. The van der Waals surface area contributed by atoms with Crippen LogP contribution in [0.3, 0.4) is 0 Å². The van der Waals surface area contributed by atoms with E-state index < -0.39 is 0 Å². The smallest absolute Gasteiger partial charge is 0.0397 e. The van der Waals surface area contributed by atoms with Gasteiger partial charge in [-0.25, -0.2) is 0 Å². The van der Waals surface area contributed by atoms with E-state index in [1.54, 1.807) is 0 Å². The lowest BCUT2D eigenvalue weighted by Gasteiger charge is -2.09. The van der Waals surface area contributed by atoms with E-state index >= 15 is 0 Å². The molecule has 0 aromatic heterocycles. The maximum absolute atomic E-state index is 3.42. The Morgan fingerprint density at radius 3 is 2.60 bits per heavy atom. The summed E-state index contributed by atoms with van der Waals surface area (Å²) in [6, 6.07) is 8.52. The van der Waals surface area contributed by atoms with Gasteiger partial charge >= 0.3 is 0 Å². The van der Waals surface area contributed by atoms with Crippen molar-refractivity contribution in [2.75, 3.05) is 11.9 Å². The molecule has 1 nitrogen and oxygen atoms in total. The van der Waals surface area contributed by atoms with Gasteiger partial charge in [0.25, 0.3) is 0 Å². The Balaban J connectivity index is 1.90. The molecule has 78 valence electrons. The summed E-state index contributed by atoms with van der Waals surface area (Å²) in [5.74, 6) is 0. The molecule has 0 heterocycles. The lowest BCUT2D eigenvalue weighted by Crippen LogP contribution is -2.04. The molecule has 1 aliphatic rings. The number of allylic oxidation sites excluding steroid dienone is 2. The Morgan fingerprint density at radius 2 is 1.93 bits per heavy atom. The number of hydrogen-bond acceptors (Lipinski definition) is 1. The monoisotopic (exact) mass is 199 g/mol. The Bertz CT molecular complexity index is 371. The third-order valence-electron chi connectivity index (χ3n) is 2.62. The molecule has 1 aliphatic carbocycles. The van der Waals surface area contributed by atoms with Crippen LogP contribution in [0.5, 0.6) is 0 Å². The number of nitrogens with one attached hydrogen (secondary N) is 1. The highest BCUT2D eigenvalue weighted by molar-refractivity contribution is 5.46. The Morgan fingerprint density at radius 1 is 1.13 bits per heavy atom. The minimum Gasteiger partial charge on any atom is -0.381 e. The third kappa shape index (κ3) is 2.98. The molecule has 0 aliphatic heterocycles. The predicted molar refractivity (Wildman–Crippen MR) is 66.1 cm³/mol. The van der Waals surface area contributed by atoms with E-state index in [4.69, 9.17) is 0 Å². The number of aryl methyl sites for hydroxylation is 1. The van der Waals surface area contributed by atoms with Gasteiger partial charge in [0.2, 0.25) is 0 Å². The van der Waals surface area contributed by atoms with Gasteiger partial charge in [0.05, 0.1) is 0 Å². The van der Waals surface area contributed by atoms with Crippen LogP contribution in [0.2, 0.25) is 0 Å². The Labute approximate surface area is 91.5 Å². The highest BCUT2D eigenvalue weighted by Crippen LogP contribution is 2.12. The van der Waals surface area contributed by atoms with Gasteiger partial charge in [0.15, 0.2) is 0 Å². The van der Waals surface area contributed by atoms with Crippen LogP contribution < -0.4 is 5.32 Å². The van der Waals surface area contributed by atoms with E-state index in [0.29, 0.717) is 0 Å². The molecule has 0 unspecified atom stereocenters. The molecule has 0 spiro atoms. The van der Waals surface area contributed by atoms with E-state index in [1.807, 2.05) is 0 Å². The van der Waals surface area contributed by atoms with Gasteiger partial charge in [-0.3, -0.25) is 0 Å². The summed E-state index contributed by atoms with van der Waals surface area (Å²) in [5, 5.41) is 3.42. The minimum absolute atomic E-state index is 0.930. The summed E-state index contributed by atoms with van der Waals surface area (Å²) in [6.07, 6.45) is 9.13. The van der Waals surface area contributed by atoms with Crippen LogP contribution >= 0.6 is 0 Å². The minimum atomic E-state index is 0.930. The second-order valence-electron chi connectivity index (χ2n) is 3.98. The summed E-state index contributed by atoms with van der Waals surface area (Å²) in [6.45, 7) is 3.04. The predicted octanol–water partition coefficient (Wildman–Crippen LogP) is 3.68. The van der Waals surface area contributed by atoms with Crippen molar-refractivity contribution in [2.45, 2.75) is 19.8 Å². The van der Waals surface area contributed by atoms with Gasteiger partial charge in [-0.15, -0.1) is 0 Å². The number of hydrogen-bond donors (Lipinski definition) is 1. The molecular formula is C14H17N. The van der Waals surface area contributed by atoms with Crippen LogP contribution in [0.25, 0.3) is 0 Å². The van der Waals surface area contributed by atoms with Crippen LogP contribution in [-0.2, 0) is 0 Å². The van der Waals surface area contributed by atoms with Crippen LogP contribution in [0.4, 0.5) is 5.69 Å². The number of anilines is 1. The second-order valence-corrected chi connectivity index (χ2v) is 3.98. The van der Waals surface area contributed by atoms with E-state index in [2.05, 4.69) is 54.7 Å². The average molecular weight is 199 g/mol. The molecule has 1 aromatic rings. The maximum Gasteiger partial charge on any atom is 0.0397 e. The Kier molecular flexibility index (Phi) is 3.23. The lowest BCUT2D eigenvalue weighted by molar-refractivity contribution is 1.00. The SMILES string of the molecule is Cc1ccc(NCC2=CCCC=C2)cc1. The number of rotatable bonds is 3. The van der Waals surface area contributed by atoms with E-state index in [-0.39, 0.29) is 0 Å². The zero-order chi connectivity index (χ0) is 10.5. The fraction of sp³-hybridized carbons (Fsp3) is 0.286. The van der Waals surface area contributed by atoms with Gasteiger partial charge in [0.1, 0.15) is 0 Å². The maximum atomic E-state index is 3.42. The summed E-state index contributed by atoms with van der Waals surface area (Å²) in [7, 11) is 0. The van der Waals surface area contributed by atoms with Crippen LogP contribution in [0.15, 0.2) is 48.1 Å². The number of benzene rings is 1. The first-order valence-corrected chi connectivity index (χ1v) is 5.51. The second kappa shape index (κ2) is 4.83. The van der Waals surface area contributed by atoms with Gasteiger partial charge in [-0.2, -0.15) is 0 Å². The first kappa shape index (κ1) is 10.0. The molecule has 0 fully saturated rings.